The molecule has 0 aliphatic carbocycles. The van der Waals surface area contributed by atoms with Gasteiger partial charge in [0.2, 0.25) is 0 Å². The van der Waals surface area contributed by atoms with Crippen LogP contribution < -0.4 is 10.1 Å². The average Bonchev–Trinajstić information content (AvgIpc) is 2.46. The van der Waals surface area contributed by atoms with Gasteiger partial charge in [-0.3, -0.25) is 0 Å². The van der Waals surface area contributed by atoms with E-state index in [4.69, 9.17) is 27.9 Å². The van der Waals surface area contributed by atoms with Crippen LogP contribution in [0.25, 0.3) is 0 Å². The number of benzene rings is 2. The van der Waals surface area contributed by atoms with Crippen LogP contribution in [-0.4, -0.2) is 13.7 Å². The largest absolute Gasteiger partial charge is 0.497 e. The Labute approximate surface area is 129 Å². The summed E-state index contributed by atoms with van der Waals surface area (Å²) in [7, 11) is 1.68. The van der Waals surface area contributed by atoms with E-state index in [1.165, 1.54) is 5.56 Å². The molecule has 0 bridgehead atoms. The van der Waals surface area contributed by atoms with E-state index in [1.807, 2.05) is 24.3 Å². The van der Waals surface area contributed by atoms with Gasteiger partial charge in [-0.1, -0.05) is 29.3 Å². The monoisotopic (exact) mass is 310 g/mol. The Hall–Kier alpha value is -1.22. The molecular weight excluding hydrogens is 293 g/mol. The summed E-state index contributed by atoms with van der Waals surface area (Å²) in [5.74, 6) is 0.890. The molecule has 0 spiro atoms. The molecule has 2 nitrogen and oxygen atoms in total. The summed E-state index contributed by atoms with van der Waals surface area (Å²) in [6, 6.07) is 13.8. The Morgan fingerprint density at radius 3 is 2.45 bits per heavy atom. The minimum absolute atomic E-state index is 0.681. The zero-order valence-corrected chi connectivity index (χ0v) is 12.9. The van der Waals surface area contributed by atoms with Crippen molar-refractivity contribution < 1.29 is 10.1 Å². The number of methoxy groups -OCH3 is 1. The molecule has 0 heterocycles. The molecule has 0 aliphatic rings. The lowest BCUT2D eigenvalue weighted by atomic mass is 10.1. The van der Waals surface area contributed by atoms with Crippen LogP contribution in [0.2, 0.25) is 10.0 Å². The Balaban J connectivity index is 1.78. The lowest BCUT2D eigenvalue weighted by Crippen LogP contribution is -2.83. The quantitative estimate of drug-likeness (QED) is 0.814. The smallest absolute Gasteiger partial charge is 0.118 e. The Morgan fingerprint density at radius 1 is 1.05 bits per heavy atom. The second-order valence-corrected chi connectivity index (χ2v) is 5.46. The lowest BCUT2D eigenvalue weighted by molar-refractivity contribution is -0.670. The number of nitrogens with two attached hydrogens (primary N) is 1. The van der Waals surface area contributed by atoms with Crippen LogP contribution in [0, 0.1) is 0 Å². The number of hydrogen-bond acceptors (Lipinski definition) is 1. The van der Waals surface area contributed by atoms with Crippen molar-refractivity contribution in [1.82, 2.24) is 0 Å². The zero-order valence-electron chi connectivity index (χ0n) is 11.4. The molecule has 0 amide bonds. The van der Waals surface area contributed by atoms with Crippen molar-refractivity contribution in [3.63, 3.8) is 0 Å². The minimum Gasteiger partial charge on any atom is -0.497 e. The van der Waals surface area contributed by atoms with E-state index in [9.17, 15) is 0 Å². The fourth-order valence-corrected chi connectivity index (χ4v) is 2.52. The second-order valence-electron chi connectivity index (χ2n) is 4.62. The van der Waals surface area contributed by atoms with Gasteiger partial charge in [0.05, 0.1) is 13.7 Å². The molecule has 0 saturated heterocycles. The highest BCUT2D eigenvalue weighted by atomic mass is 35.5. The number of quaternary nitrogens is 1. The van der Waals surface area contributed by atoms with Crippen molar-refractivity contribution in [3.8, 4) is 5.75 Å². The normalized spacial score (nSPS) is 10.6. The van der Waals surface area contributed by atoms with Crippen LogP contribution in [0.15, 0.2) is 42.5 Å². The van der Waals surface area contributed by atoms with Crippen molar-refractivity contribution in [2.75, 3.05) is 13.7 Å². The number of rotatable bonds is 6. The first-order valence-electron chi connectivity index (χ1n) is 6.57. The molecule has 2 N–H and O–H groups in total. The number of ether oxygens (including phenoxy) is 1. The predicted octanol–water partition coefficient (Wildman–Crippen LogP) is 3.31. The molecule has 0 saturated carbocycles. The SMILES string of the molecule is COc1ccc(C[NH2+]CCc2ccc(Cl)cc2Cl)cc1. The molecular formula is C16H18Cl2NO+. The maximum absolute atomic E-state index is 6.15. The van der Waals surface area contributed by atoms with Crippen molar-refractivity contribution in [3.05, 3.63) is 63.6 Å². The summed E-state index contributed by atoms with van der Waals surface area (Å²) in [6.07, 6.45) is 0.937. The third kappa shape index (κ3) is 4.41. The molecule has 0 unspecified atom stereocenters. The summed E-state index contributed by atoms with van der Waals surface area (Å²) >= 11 is 12.0. The first kappa shape index (κ1) is 15.2. The van der Waals surface area contributed by atoms with E-state index in [-0.39, 0.29) is 0 Å². The molecule has 20 heavy (non-hydrogen) atoms. The molecule has 2 aromatic rings. The highest BCUT2D eigenvalue weighted by Crippen LogP contribution is 2.20. The van der Waals surface area contributed by atoms with E-state index in [0.717, 1.165) is 35.8 Å². The first-order valence-corrected chi connectivity index (χ1v) is 7.33. The first-order chi connectivity index (χ1) is 9.69. The van der Waals surface area contributed by atoms with Crippen molar-refractivity contribution in [2.45, 2.75) is 13.0 Å². The molecule has 0 aliphatic heterocycles. The molecule has 106 valence electrons. The van der Waals surface area contributed by atoms with Crippen LogP contribution >= 0.6 is 23.2 Å². The van der Waals surface area contributed by atoms with E-state index in [0.29, 0.717) is 5.02 Å². The van der Waals surface area contributed by atoms with Gasteiger partial charge >= 0.3 is 0 Å². The van der Waals surface area contributed by atoms with Crippen LogP contribution in [0.4, 0.5) is 0 Å². The lowest BCUT2D eigenvalue weighted by Gasteiger charge is -2.05. The Kier molecular flexibility index (Phi) is 5.72. The van der Waals surface area contributed by atoms with Gasteiger partial charge in [-0.05, 0) is 42.0 Å². The summed E-state index contributed by atoms with van der Waals surface area (Å²) in [6.45, 7) is 1.95. The standard InChI is InChI=1S/C16H17Cl2NO/c1-20-15-6-2-12(3-7-15)11-19-9-8-13-4-5-14(17)10-16(13)18/h2-7,10,19H,8-9,11H2,1H3/p+1. The van der Waals surface area contributed by atoms with Gasteiger partial charge in [0.1, 0.15) is 12.3 Å². The molecule has 0 atom stereocenters. The molecule has 4 heteroatoms. The molecule has 2 rings (SSSR count). The van der Waals surface area contributed by atoms with Crippen LogP contribution in [0.5, 0.6) is 5.75 Å². The summed E-state index contributed by atoms with van der Waals surface area (Å²) in [5, 5.41) is 3.70. The maximum Gasteiger partial charge on any atom is 0.118 e. The average molecular weight is 311 g/mol. The van der Waals surface area contributed by atoms with Crippen LogP contribution in [0.1, 0.15) is 11.1 Å². The number of hydrogen-bond donors (Lipinski definition) is 1. The second kappa shape index (κ2) is 7.53. The predicted molar refractivity (Wildman–Crippen MR) is 83.7 cm³/mol. The van der Waals surface area contributed by atoms with E-state index >= 15 is 0 Å². The van der Waals surface area contributed by atoms with E-state index in [1.54, 1.807) is 13.2 Å². The van der Waals surface area contributed by atoms with Crippen LogP contribution in [-0.2, 0) is 13.0 Å². The van der Waals surface area contributed by atoms with Crippen molar-refractivity contribution >= 4 is 23.2 Å². The van der Waals surface area contributed by atoms with Crippen molar-refractivity contribution in [2.24, 2.45) is 0 Å². The van der Waals surface area contributed by atoms with E-state index in [2.05, 4.69) is 17.4 Å². The highest BCUT2D eigenvalue weighted by Gasteiger charge is 2.03. The van der Waals surface area contributed by atoms with Crippen molar-refractivity contribution in [1.29, 1.82) is 0 Å². The molecule has 0 aromatic heterocycles. The third-order valence-electron chi connectivity index (χ3n) is 3.17. The summed E-state index contributed by atoms with van der Waals surface area (Å²) in [5.41, 5.74) is 2.43. The van der Waals surface area contributed by atoms with Gasteiger partial charge in [0.25, 0.3) is 0 Å². The maximum atomic E-state index is 6.15. The Bertz CT molecular complexity index is 555. The van der Waals surface area contributed by atoms with Gasteiger partial charge in [-0.25, -0.2) is 0 Å². The molecule has 2 aromatic carbocycles. The fraction of sp³-hybridized carbons (Fsp3) is 0.250. The van der Waals surface area contributed by atoms with Gasteiger partial charge in [0, 0.05) is 22.0 Å². The minimum atomic E-state index is 0.681. The van der Waals surface area contributed by atoms with Gasteiger partial charge in [-0.2, -0.15) is 0 Å². The Morgan fingerprint density at radius 2 is 1.80 bits per heavy atom. The zero-order chi connectivity index (χ0) is 14.4. The van der Waals surface area contributed by atoms with Gasteiger partial charge < -0.3 is 10.1 Å². The highest BCUT2D eigenvalue weighted by molar-refractivity contribution is 6.35. The number of halogens is 2. The van der Waals surface area contributed by atoms with Crippen LogP contribution in [0.3, 0.4) is 0 Å². The van der Waals surface area contributed by atoms with E-state index < -0.39 is 0 Å². The summed E-state index contributed by atoms with van der Waals surface area (Å²) < 4.78 is 5.14. The molecule has 0 fully saturated rings. The third-order valence-corrected chi connectivity index (χ3v) is 3.76. The summed E-state index contributed by atoms with van der Waals surface area (Å²) in [4.78, 5) is 0. The topological polar surface area (TPSA) is 25.8 Å². The fourth-order valence-electron chi connectivity index (χ4n) is 2.01. The molecule has 0 radical (unpaired) electrons. The van der Waals surface area contributed by atoms with Gasteiger partial charge in [-0.15, -0.1) is 0 Å². The van der Waals surface area contributed by atoms with Gasteiger partial charge in [0.15, 0.2) is 0 Å².